The first-order chi connectivity index (χ1) is 14.6. The summed E-state index contributed by atoms with van der Waals surface area (Å²) in [6.45, 7) is 4.61. The molecule has 1 heterocycles. The zero-order valence-electron chi connectivity index (χ0n) is 17.1. The van der Waals surface area contributed by atoms with Gasteiger partial charge in [-0.15, -0.1) is 0 Å². The van der Waals surface area contributed by atoms with Crippen LogP contribution in [-0.4, -0.2) is 27.7 Å². The van der Waals surface area contributed by atoms with Crippen LogP contribution in [0.4, 0.5) is 4.39 Å². The van der Waals surface area contributed by atoms with E-state index in [2.05, 4.69) is 22.2 Å². The Hall–Kier alpha value is -3.00. The van der Waals surface area contributed by atoms with Gasteiger partial charge in [0.25, 0.3) is 0 Å². The second-order valence-electron chi connectivity index (χ2n) is 6.62. The highest BCUT2D eigenvalue weighted by molar-refractivity contribution is 7.71. The number of hydrogen-bond acceptors (Lipinski definition) is 5. The van der Waals surface area contributed by atoms with E-state index in [1.807, 2.05) is 19.1 Å². The standard InChI is InChI=1S/C22H25FN4O2S/c1-3-5-10-21-25-26-22(30)27(21)24-14-16-11-12-19(20(13-16)28-4-2)29-15-17-8-6-7-9-18(17)23/h6-9,11-14H,3-5,10,15H2,1-2H3,(H,26,30)/b24-14-. The van der Waals surface area contributed by atoms with Gasteiger partial charge < -0.3 is 9.47 Å². The highest BCUT2D eigenvalue weighted by Crippen LogP contribution is 2.29. The van der Waals surface area contributed by atoms with E-state index in [4.69, 9.17) is 21.7 Å². The number of nitrogens with zero attached hydrogens (tertiary/aromatic N) is 3. The second-order valence-corrected chi connectivity index (χ2v) is 7.01. The number of unbranched alkanes of at least 4 members (excludes halogenated alkanes) is 1. The van der Waals surface area contributed by atoms with Gasteiger partial charge >= 0.3 is 0 Å². The third-order valence-electron chi connectivity index (χ3n) is 4.40. The number of nitrogens with one attached hydrogen (secondary N) is 1. The molecule has 0 spiro atoms. The normalized spacial score (nSPS) is 11.2. The van der Waals surface area contributed by atoms with Crippen LogP contribution < -0.4 is 9.47 Å². The molecule has 0 atom stereocenters. The van der Waals surface area contributed by atoms with Gasteiger partial charge in [-0.1, -0.05) is 31.5 Å². The van der Waals surface area contributed by atoms with Crippen molar-refractivity contribution in [1.82, 2.24) is 14.9 Å². The maximum atomic E-state index is 13.8. The molecule has 1 aromatic heterocycles. The second kappa shape index (κ2) is 10.7. The lowest BCUT2D eigenvalue weighted by Crippen LogP contribution is -2.02. The first-order valence-corrected chi connectivity index (χ1v) is 10.4. The number of ether oxygens (including phenoxy) is 2. The van der Waals surface area contributed by atoms with Gasteiger partial charge in [-0.2, -0.15) is 14.9 Å². The van der Waals surface area contributed by atoms with Crippen molar-refractivity contribution in [2.45, 2.75) is 39.7 Å². The lowest BCUT2D eigenvalue weighted by atomic mass is 10.2. The molecule has 0 fully saturated rings. The van der Waals surface area contributed by atoms with E-state index in [9.17, 15) is 4.39 Å². The van der Waals surface area contributed by atoms with Gasteiger partial charge in [0, 0.05) is 12.0 Å². The molecule has 6 nitrogen and oxygen atoms in total. The molecule has 0 radical (unpaired) electrons. The Labute approximate surface area is 180 Å². The first kappa shape index (κ1) is 21.7. The van der Waals surface area contributed by atoms with Crippen LogP contribution in [0.15, 0.2) is 47.6 Å². The molecule has 3 rings (SSSR count). The topological polar surface area (TPSA) is 64.4 Å². The molecule has 0 bridgehead atoms. The third kappa shape index (κ3) is 5.54. The van der Waals surface area contributed by atoms with Crippen LogP contribution in [0.1, 0.15) is 43.6 Å². The lowest BCUT2D eigenvalue weighted by molar-refractivity contribution is 0.266. The molecule has 0 unspecified atom stereocenters. The third-order valence-corrected chi connectivity index (χ3v) is 4.67. The number of aromatic nitrogens is 3. The smallest absolute Gasteiger partial charge is 0.216 e. The lowest BCUT2D eigenvalue weighted by Gasteiger charge is -2.13. The van der Waals surface area contributed by atoms with Gasteiger partial charge in [-0.25, -0.2) is 4.39 Å². The number of aromatic amines is 1. The van der Waals surface area contributed by atoms with Crippen LogP contribution in [-0.2, 0) is 13.0 Å². The van der Waals surface area contributed by atoms with E-state index in [1.165, 1.54) is 6.07 Å². The van der Waals surface area contributed by atoms with Crippen molar-refractivity contribution >= 4 is 18.4 Å². The minimum Gasteiger partial charge on any atom is -0.490 e. The van der Waals surface area contributed by atoms with Crippen LogP contribution in [0, 0.1) is 10.6 Å². The van der Waals surface area contributed by atoms with Gasteiger partial charge in [0.1, 0.15) is 12.4 Å². The first-order valence-electron chi connectivity index (χ1n) is 9.96. The molecule has 30 heavy (non-hydrogen) atoms. The SMILES string of the molecule is CCCCc1n[nH]c(=S)n1/N=C\c1ccc(OCc2ccccc2F)c(OCC)c1. The molecule has 0 saturated carbocycles. The fourth-order valence-electron chi connectivity index (χ4n) is 2.83. The summed E-state index contributed by atoms with van der Waals surface area (Å²) < 4.78 is 27.4. The molecule has 0 aliphatic heterocycles. The van der Waals surface area contributed by atoms with Crippen molar-refractivity contribution in [3.63, 3.8) is 0 Å². The molecule has 0 aliphatic carbocycles. The fourth-order valence-corrected chi connectivity index (χ4v) is 3.03. The van der Waals surface area contributed by atoms with Crippen molar-refractivity contribution in [1.29, 1.82) is 0 Å². The molecule has 8 heteroatoms. The molecule has 1 N–H and O–H groups in total. The van der Waals surface area contributed by atoms with Crippen LogP contribution >= 0.6 is 12.2 Å². The van der Waals surface area contributed by atoms with E-state index in [0.717, 1.165) is 30.7 Å². The van der Waals surface area contributed by atoms with Crippen molar-refractivity contribution in [2.75, 3.05) is 6.61 Å². The molecule has 0 aliphatic rings. The Bertz CT molecular complexity index is 1060. The Balaban J connectivity index is 1.78. The average Bonchev–Trinajstić information content (AvgIpc) is 3.10. The summed E-state index contributed by atoms with van der Waals surface area (Å²) in [5, 5.41) is 11.5. The molecule has 0 saturated heterocycles. The summed E-state index contributed by atoms with van der Waals surface area (Å²) in [5.41, 5.74) is 1.31. The molecule has 0 amide bonds. The Morgan fingerprint density at radius 1 is 1.17 bits per heavy atom. The van der Waals surface area contributed by atoms with E-state index < -0.39 is 0 Å². The summed E-state index contributed by atoms with van der Waals surface area (Å²) >= 11 is 5.27. The van der Waals surface area contributed by atoms with Gasteiger partial charge in [0.15, 0.2) is 17.3 Å². The van der Waals surface area contributed by atoms with Gasteiger partial charge in [-0.05, 0) is 55.4 Å². The van der Waals surface area contributed by atoms with Crippen LogP contribution in [0.25, 0.3) is 0 Å². The molecular weight excluding hydrogens is 403 g/mol. The molecular formula is C22H25FN4O2S. The largest absolute Gasteiger partial charge is 0.490 e. The summed E-state index contributed by atoms with van der Waals surface area (Å²) in [5.74, 6) is 1.61. The quantitative estimate of drug-likeness (QED) is 0.352. The van der Waals surface area contributed by atoms with Gasteiger partial charge in [-0.3, -0.25) is 5.10 Å². The molecule has 158 valence electrons. The summed E-state index contributed by atoms with van der Waals surface area (Å²) in [7, 11) is 0. The van der Waals surface area contributed by atoms with E-state index in [-0.39, 0.29) is 12.4 Å². The Morgan fingerprint density at radius 3 is 2.77 bits per heavy atom. The Kier molecular flexibility index (Phi) is 7.73. The number of halogens is 1. The zero-order valence-corrected chi connectivity index (χ0v) is 17.9. The van der Waals surface area contributed by atoms with E-state index in [1.54, 1.807) is 35.2 Å². The van der Waals surface area contributed by atoms with Gasteiger partial charge in [0.2, 0.25) is 4.77 Å². The molecule has 2 aromatic carbocycles. The minimum atomic E-state index is -0.296. The maximum absolute atomic E-state index is 13.8. The number of hydrogen-bond donors (Lipinski definition) is 1. The van der Waals surface area contributed by atoms with Crippen molar-refractivity contribution in [3.05, 3.63) is 70.0 Å². The molecule has 3 aromatic rings. The summed E-state index contributed by atoms with van der Waals surface area (Å²) in [6, 6.07) is 12.0. The fraction of sp³-hybridized carbons (Fsp3) is 0.318. The van der Waals surface area contributed by atoms with Crippen LogP contribution in [0.5, 0.6) is 11.5 Å². The number of rotatable bonds is 10. The maximum Gasteiger partial charge on any atom is 0.216 e. The van der Waals surface area contributed by atoms with Crippen molar-refractivity contribution in [3.8, 4) is 11.5 Å². The van der Waals surface area contributed by atoms with Crippen molar-refractivity contribution in [2.24, 2.45) is 5.10 Å². The highest BCUT2D eigenvalue weighted by atomic mass is 32.1. The monoisotopic (exact) mass is 428 g/mol. The Morgan fingerprint density at radius 2 is 2.00 bits per heavy atom. The van der Waals surface area contributed by atoms with E-state index >= 15 is 0 Å². The highest BCUT2D eigenvalue weighted by Gasteiger charge is 2.09. The number of H-pyrrole nitrogens is 1. The van der Waals surface area contributed by atoms with Crippen LogP contribution in [0.3, 0.4) is 0 Å². The average molecular weight is 429 g/mol. The van der Waals surface area contributed by atoms with Gasteiger partial charge in [0.05, 0.1) is 12.8 Å². The predicted molar refractivity (Wildman–Crippen MR) is 117 cm³/mol. The van der Waals surface area contributed by atoms with E-state index in [0.29, 0.717) is 28.4 Å². The summed E-state index contributed by atoms with van der Waals surface area (Å²) in [6.07, 6.45) is 4.57. The zero-order chi connectivity index (χ0) is 21.3. The van der Waals surface area contributed by atoms with Crippen molar-refractivity contribution < 1.29 is 13.9 Å². The predicted octanol–water partition coefficient (Wildman–Crippen LogP) is 5.28. The number of benzene rings is 2. The summed E-state index contributed by atoms with van der Waals surface area (Å²) in [4.78, 5) is 0. The minimum absolute atomic E-state index is 0.116. The van der Waals surface area contributed by atoms with Crippen LogP contribution in [0.2, 0.25) is 0 Å². The number of aryl methyl sites for hydroxylation is 1.